The molecule has 0 aromatic carbocycles. The Balaban J connectivity index is 2.52. The van der Waals surface area contributed by atoms with Gasteiger partial charge in [-0.15, -0.1) is 0 Å². The van der Waals surface area contributed by atoms with Crippen molar-refractivity contribution in [2.24, 2.45) is 0 Å². The molecule has 2 N–H and O–H groups in total. The van der Waals surface area contributed by atoms with Crippen LogP contribution in [0.5, 0.6) is 0 Å². The average Bonchev–Trinajstić information content (AvgIpc) is 2.57. The first-order valence-electron chi connectivity index (χ1n) is 4.60. The monoisotopic (exact) mass is 284 g/mol. The van der Waals surface area contributed by atoms with Gasteiger partial charge in [-0.2, -0.15) is 0 Å². The van der Waals surface area contributed by atoms with Gasteiger partial charge in [0.1, 0.15) is 12.2 Å². The van der Waals surface area contributed by atoms with Crippen LogP contribution in [-0.4, -0.2) is 48.0 Å². The zero-order valence-corrected chi connectivity index (χ0v) is 10.2. The summed E-state index contributed by atoms with van der Waals surface area (Å²) in [4.78, 5) is 9.23. The maximum Gasteiger partial charge on any atom is 0.474 e. The summed E-state index contributed by atoms with van der Waals surface area (Å²) in [6.07, 6.45) is -2.49. The molecular formula is C7H8BClFO6P. The van der Waals surface area contributed by atoms with E-state index in [4.69, 9.17) is 21.4 Å². The van der Waals surface area contributed by atoms with Crippen LogP contribution in [0.1, 0.15) is 0 Å². The number of ether oxygens (including phenoxy) is 1. The molecule has 5 atom stereocenters. The van der Waals surface area contributed by atoms with Crippen LogP contribution in [0.2, 0.25) is 0 Å². The van der Waals surface area contributed by atoms with E-state index in [1.54, 1.807) is 0 Å². The highest BCUT2D eigenvalue weighted by atomic mass is 35.5. The summed E-state index contributed by atoms with van der Waals surface area (Å²) in [5.41, 5.74) is -2.12. The van der Waals surface area contributed by atoms with Crippen molar-refractivity contribution in [1.82, 2.24) is 0 Å². The molecule has 94 valence electrons. The van der Waals surface area contributed by atoms with Crippen molar-refractivity contribution in [2.75, 3.05) is 6.61 Å². The fourth-order valence-corrected chi connectivity index (χ4v) is 3.41. The molecule has 0 amide bonds. The minimum Gasteiger partial charge on any atom is -0.394 e. The van der Waals surface area contributed by atoms with E-state index in [0.717, 1.165) is 7.85 Å². The van der Waals surface area contributed by atoms with Crippen molar-refractivity contribution < 1.29 is 32.7 Å². The molecule has 0 radical (unpaired) electrons. The van der Waals surface area contributed by atoms with E-state index in [-0.39, 0.29) is 0 Å². The molecule has 6 nitrogen and oxygen atoms in total. The molecule has 2 heterocycles. The van der Waals surface area contributed by atoms with Crippen molar-refractivity contribution in [2.45, 2.75) is 23.6 Å². The van der Waals surface area contributed by atoms with Gasteiger partial charge < -0.3 is 14.7 Å². The van der Waals surface area contributed by atoms with Gasteiger partial charge in [0.2, 0.25) is 11.4 Å². The number of phosphoric acid groups is 1. The van der Waals surface area contributed by atoms with Gasteiger partial charge in [-0.25, -0.2) is 8.96 Å². The van der Waals surface area contributed by atoms with E-state index in [1.807, 2.05) is 5.38 Å². The molecular weight excluding hydrogens is 276 g/mol. The summed E-state index contributed by atoms with van der Waals surface area (Å²) in [5, 5.41) is 10.9. The largest absolute Gasteiger partial charge is 0.474 e. The van der Waals surface area contributed by atoms with E-state index in [0.29, 0.717) is 0 Å². The third kappa shape index (κ3) is 1.83. The number of aliphatic hydroxyl groups excluding tert-OH is 1. The van der Waals surface area contributed by atoms with Gasteiger partial charge in [0.15, 0.2) is 7.85 Å². The molecule has 2 aliphatic rings. The summed E-state index contributed by atoms with van der Waals surface area (Å²) < 4.78 is 39.8. The zero-order chi connectivity index (χ0) is 12.9. The number of hydrogen-bond donors (Lipinski definition) is 2. The standard InChI is InChI=1S/C7H8BClFO6P/c8-7(10)6(1-2-9)5(4(3-11)14-7)15-17(12,13)16-6/h4-5,11H,3,8H2,(H,12,13)/t4-,5?,6-,7-/m1/s1. The van der Waals surface area contributed by atoms with Gasteiger partial charge >= 0.3 is 7.82 Å². The van der Waals surface area contributed by atoms with Gasteiger partial charge in [-0.3, -0.25) is 9.05 Å². The summed E-state index contributed by atoms with van der Waals surface area (Å²) in [6, 6.07) is 0. The molecule has 10 heteroatoms. The number of aliphatic hydroxyl groups is 1. The van der Waals surface area contributed by atoms with Crippen molar-refractivity contribution in [1.29, 1.82) is 0 Å². The molecule has 0 spiro atoms. The highest BCUT2D eigenvalue weighted by Gasteiger charge is 2.73. The Morgan fingerprint density at radius 1 is 1.65 bits per heavy atom. The van der Waals surface area contributed by atoms with Crippen LogP contribution in [0.25, 0.3) is 0 Å². The van der Waals surface area contributed by atoms with Crippen molar-refractivity contribution >= 4 is 27.3 Å². The van der Waals surface area contributed by atoms with E-state index >= 15 is 0 Å². The molecule has 0 bridgehead atoms. The maximum absolute atomic E-state index is 14.3. The normalized spacial score (nSPS) is 52.9. The van der Waals surface area contributed by atoms with Gasteiger partial charge in [0.25, 0.3) is 0 Å². The maximum atomic E-state index is 14.3. The summed E-state index contributed by atoms with van der Waals surface area (Å²) >= 11 is 5.20. The molecule has 17 heavy (non-hydrogen) atoms. The lowest BCUT2D eigenvalue weighted by Crippen LogP contribution is -2.52. The molecule has 2 fully saturated rings. The number of halogens is 2. The van der Waals surface area contributed by atoms with E-state index in [2.05, 4.69) is 15.0 Å². The van der Waals surface area contributed by atoms with Crippen LogP contribution in [-0.2, 0) is 18.3 Å². The van der Waals surface area contributed by atoms with Gasteiger partial charge in [0.05, 0.1) is 6.61 Å². The lowest BCUT2D eigenvalue weighted by Gasteiger charge is -2.28. The number of phosphoric ester groups is 1. The van der Waals surface area contributed by atoms with Crippen LogP contribution in [0.3, 0.4) is 0 Å². The van der Waals surface area contributed by atoms with E-state index in [9.17, 15) is 13.8 Å². The SMILES string of the molecule is B[C@]1(F)O[C@H](CO)C2OP(=O)(O)O[C@]21C#CCl. The topological polar surface area (TPSA) is 85.2 Å². The summed E-state index contributed by atoms with van der Waals surface area (Å²) in [6.45, 7) is -0.612. The van der Waals surface area contributed by atoms with Crippen LogP contribution in [0.4, 0.5) is 4.39 Å². The molecule has 0 aromatic rings. The predicted octanol–water partition coefficient (Wildman–Crippen LogP) is -0.912. The van der Waals surface area contributed by atoms with E-state index < -0.39 is 38.0 Å². The lowest BCUT2D eigenvalue weighted by molar-refractivity contribution is -0.133. The Morgan fingerprint density at radius 2 is 2.29 bits per heavy atom. The molecule has 2 unspecified atom stereocenters. The third-order valence-corrected chi connectivity index (χ3v) is 3.80. The van der Waals surface area contributed by atoms with Gasteiger partial charge in [-0.05, 0) is 17.5 Å². The lowest BCUT2D eigenvalue weighted by atomic mass is 9.78. The molecule has 2 rings (SSSR count). The third-order valence-electron chi connectivity index (χ3n) is 2.69. The van der Waals surface area contributed by atoms with Crippen molar-refractivity contribution in [3.8, 4) is 11.3 Å². The average molecular weight is 284 g/mol. The first kappa shape index (κ1) is 13.3. The minimum absolute atomic E-state index is 0.612. The second kappa shape index (κ2) is 3.94. The summed E-state index contributed by atoms with van der Waals surface area (Å²) in [5.74, 6) is -0.371. The Kier molecular flexibility index (Phi) is 3.08. The molecule has 2 aliphatic heterocycles. The number of alkyl halides is 1. The van der Waals surface area contributed by atoms with Gasteiger partial charge in [0, 0.05) is 5.38 Å². The van der Waals surface area contributed by atoms with Crippen LogP contribution >= 0.6 is 19.4 Å². The number of hydrogen-bond acceptors (Lipinski definition) is 5. The highest BCUT2D eigenvalue weighted by Crippen LogP contribution is 2.63. The van der Waals surface area contributed by atoms with Crippen LogP contribution in [0, 0.1) is 11.3 Å². The first-order valence-corrected chi connectivity index (χ1v) is 6.48. The van der Waals surface area contributed by atoms with Crippen LogP contribution < -0.4 is 0 Å². The quantitative estimate of drug-likeness (QED) is 0.368. The van der Waals surface area contributed by atoms with Crippen molar-refractivity contribution in [3.63, 3.8) is 0 Å². The Bertz CT molecular complexity index is 449. The Morgan fingerprint density at radius 3 is 2.82 bits per heavy atom. The fraction of sp³-hybridized carbons (Fsp3) is 0.714. The Labute approximate surface area is 102 Å². The first-order chi connectivity index (χ1) is 7.78. The van der Waals surface area contributed by atoms with Crippen molar-refractivity contribution in [3.05, 3.63) is 0 Å². The van der Waals surface area contributed by atoms with E-state index in [1.165, 1.54) is 0 Å². The predicted molar refractivity (Wildman–Crippen MR) is 56.5 cm³/mol. The Hall–Kier alpha value is -0.125. The molecule has 0 saturated carbocycles. The second-order valence-electron chi connectivity index (χ2n) is 3.80. The smallest absolute Gasteiger partial charge is 0.394 e. The number of rotatable bonds is 1. The second-order valence-corrected chi connectivity index (χ2v) is 5.32. The van der Waals surface area contributed by atoms with Crippen LogP contribution in [0.15, 0.2) is 0 Å². The minimum atomic E-state index is -4.44. The molecule has 2 saturated heterocycles. The fourth-order valence-electron chi connectivity index (χ4n) is 1.98. The molecule has 0 aromatic heterocycles. The highest BCUT2D eigenvalue weighted by molar-refractivity contribution is 7.47. The number of fused-ring (bicyclic) bond motifs is 1. The molecule has 0 aliphatic carbocycles. The summed E-state index contributed by atoms with van der Waals surface area (Å²) in [7, 11) is -3.47. The zero-order valence-electron chi connectivity index (χ0n) is 8.59. The van der Waals surface area contributed by atoms with Gasteiger partial charge in [-0.1, -0.05) is 0 Å².